The van der Waals surface area contributed by atoms with Gasteiger partial charge in [0.15, 0.2) is 0 Å². The first-order valence-corrected chi connectivity index (χ1v) is 18.5. The van der Waals surface area contributed by atoms with Crippen LogP contribution in [-0.2, 0) is 12.3 Å². The van der Waals surface area contributed by atoms with Crippen LogP contribution >= 0.6 is 17.2 Å². The van der Waals surface area contributed by atoms with E-state index >= 15 is 0 Å². The molecule has 2 heteroatoms. The van der Waals surface area contributed by atoms with Gasteiger partial charge in [0.25, 0.3) is 0 Å². The predicted octanol–water partition coefficient (Wildman–Crippen LogP) is 12.3. The van der Waals surface area contributed by atoms with Crippen LogP contribution in [0.15, 0.2) is 121 Å². The van der Waals surface area contributed by atoms with Gasteiger partial charge in [-0.2, -0.15) is 0 Å². The maximum Gasteiger partial charge on any atom is -0.00175 e. The predicted molar refractivity (Wildman–Crippen MR) is 192 cm³/mol. The van der Waals surface area contributed by atoms with Crippen molar-refractivity contribution in [3.63, 3.8) is 0 Å². The summed E-state index contributed by atoms with van der Waals surface area (Å²) in [5, 5.41) is 0. The smallest absolute Gasteiger partial charge is 0.00175 e. The summed E-state index contributed by atoms with van der Waals surface area (Å²) in [6.07, 6.45) is 10.1. The lowest BCUT2D eigenvalue weighted by atomic mass is 9.78. The van der Waals surface area contributed by atoms with Gasteiger partial charge < -0.3 is 0 Å². The Morgan fingerprint density at radius 1 is 0.381 bits per heavy atom. The first kappa shape index (κ1) is 30.4. The molecule has 2 atom stereocenters. The Labute approximate surface area is 257 Å². The van der Waals surface area contributed by atoms with E-state index in [0.29, 0.717) is 0 Å². The summed E-state index contributed by atoms with van der Waals surface area (Å²) in [6, 6.07) is 44.8. The largest absolute Gasteiger partial charge is 0.118 e. The van der Waals surface area contributed by atoms with Gasteiger partial charge in [-0.3, -0.25) is 0 Å². The van der Waals surface area contributed by atoms with Crippen molar-refractivity contribution in [1.82, 2.24) is 0 Å². The molecule has 5 aromatic rings. The van der Waals surface area contributed by atoms with Crippen molar-refractivity contribution in [3.05, 3.63) is 132 Å². The lowest BCUT2D eigenvalue weighted by Crippen LogP contribution is -2.05. The molecule has 2 unspecified atom stereocenters. The summed E-state index contributed by atoms with van der Waals surface area (Å²) in [6.45, 7) is 4.63. The van der Waals surface area contributed by atoms with Crippen LogP contribution < -0.4 is 0 Å². The summed E-state index contributed by atoms with van der Waals surface area (Å²) >= 11 is 0. The maximum atomic E-state index is 2.33. The van der Waals surface area contributed by atoms with Crippen LogP contribution in [0.4, 0.5) is 0 Å². The van der Waals surface area contributed by atoms with Crippen LogP contribution in [0.5, 0.6) is 0 Å². The van der Waals surface area contributed by atoms with E-state index in [9.17, 15) is 0 Å². The molecule has 42 heavy (non-hydrogen) atoms. The SMILES string of the molecule is CCCCPCc1c(CPCCCC)c(-c2ccccc2)c(-c2ccccc2)c(-c2ccccc2)c1-c1ccccc1. The van der Waals surface area contributed by atoms with Crippen LogP contribution in [-0.4, -0.2) is 12.3 Å². The minimum Gasteiger partial charge on any atom is -0.118 e. The number of hydrogen-bond donors (Lipinski definition) is 0. The molecule has 0 spiro atoms. The van der Waals surface area contributed by atoms with Gasteiger partial charge in [-0.15, -0.1) is 17.2 Å². The van der Waals surface area contributed by atoms with Crippen molar-refractivity contribution in [2.45, 2.75) is 51.9 Å². The van der Waals surface area contributed by atoms with E-state index in [1.807, 2.05) is 0 Å². The fraction of sp³-hybridized carbons (Fsp3) is 0.250. The van der Waals surface area contributed by atoms with E-state index in [-0.39, 0.29) is 0 Å². The quantitative estimate of drug-likeness (QED) is 0.0897. The van der Waals surface area contributed by atoms with E-state index in [0.717, 1.165) is 29.5 Å². The van der Waals surface area contributed by atoms with E-state index in [4.69, 9.17) is 0 Å². The van der Waals surface area contributed by atoms with Gasteiger partial charge in [0.1, 0.15) is 0 Å². The average Bonchev–Trinajstić information content (AvgIpc) is 3.06. The van der Waals surface area contributed by atoms with Gasteiger partial charge in [0.05, 0.1) is 0 Å². The molecule has 0 saturated carbocycles. The van der Waals surface area contributed by atoms with Gasteiger partial charge in [-0.1, -0.05) is 148 Å². The summed E-state index contributed by atoms with van der Waals surface area (Å²) in [7, 11) is 1.87. The minimum absolute atomic E-state index is 0.934. The normalized spacial score (nSPS) is 11.7. The van der Waals surface area contributed by atoms with Crippen molar-refractivity contribution >= 4 is 17.2 Å². The highest BCUT2D eigenvalue weighted by Crippen LogP contribution is 2.52. The molecule has 0 heterocycles. The molecule has 5 aromatic carbocycles. The van der Waals surface area contributed by atoms with Crippen LogP contribution in [0.2, 0.25) is 0 Å². The number of unbranched alkanes of at least 4 members (excludes halogenated alkanes) is 2. The second-order valence-electron chi connectivity index (χ2n) is 11.0. The summed E-state index contributed by atoms with van der Waals surface area (Å²) in [4.78, 5) is 0. The van der Waals surface area contributed by atoms with Gasteiger partial charge in [0.2, 0.25) is 0 Å². The second kappa shape index (κ2) is 16.0. The van der Waals surface area contributed by atoms with E-state index < -0.39 is 0 Å². The molecule has 5 rings (SSSR count). The third kappa shape index (κ3) is 7.29. The Bertz CT molecular complexity index is 1390. The van der Waals surface area contributed by atoms with Gasteiger partial charge >= 0.3 is 0 Å². The second-order valence-corrected chi connectivity index (χ2v) is 13.7. The summed E-state index contributed by atoms with van der Waals surface area (Å²) in [5.74, 6) is 0. The van der Waals surface area contributed by atoms with Crippen molar-refractivity contribution in [2.24, 2.45) is 0 Å². The highest BCUT2D eigenvalue weighted by Gasteiger charge is 2.26. The van der Waals surface area contributed by atoms with Crippen LogP contribution in [0.3, 0.4) is 0 Å². The molecule has 0 aliphatic rings. The zero-order chi connectivity index (χ0) is 29.0. The highest BCUT2D eigenvalue weighted by atomic mass is 31.1. The Morgan fingerprint density at radius 3 is 0.952 bits per heavy atom. The standard InChI is InChI=1S/C40H44P2/c1-3-5-27-41-29-35-36(30-42-28-6-4-2)38(32-21-13-8-14-22-32)40(34-25-17-10-18-26-34)39(33-23-15-9-16-24-33)37(35)31-19-11-7-12-20-31/h7-26,41-42H,3-6,27-30H2,1-2H3. The minimum atomic E-state index is 0.934. The Balaban J connectivity index is 1.93. The van der Waals surface area contributed by atoms with Crippen LogP contribution in [0.25, 0.3) is 44.5 Å². The van der Waals surface area contributed by atoms with Gasteiger partial charge in [-0.25, -0.2) is 0 Å². The molecule has 0 aromatic heterocycles. The van der Waals surface area contributed by atoms with Crippen molar-refractivity contribution in [3.8, 4) is 44.5 Å². The lowest BCUT2D eigenvalue weighted by Gasteiger charge is -2.28. The lowest BCUT2D eigenvalue weighted by molar-refractivity contribution is 0.892. The zero-order valence-electron chi connectivity index (χ0n) is 25.2. The van der Waals surface area contributed by atoms with Gasteiger partial charge in [-0.05, 0) is 93.1 Å². The molecule has 0 N–H and O–H groups in total. The molecule has 0 aliphatic heterocycles. The number of rotatable bonds is 14. The Hall–Kier alpha value is -3.04. The van der Waals surface area contributed by atoms with Crippen molar-refractivity contribution in [1.29, 1.82) is 0 Å². The Morgan fingerprint density at radius 2 is 0.667 bits per heavy atom. The monoisotopic (exact) mass is 586 g/mol. The zero-order valence-corrected chi connectivity index (χ0v) is 27.2. The average molecular weight is 587 g/mol. The third-order valence-electron chi connectivity index (χ3n) is 7.99. The molecule has 0 saturated heterocycles. The molecule has 0 bridgehead atoms. The third-order valence-corrected chi connectivity index (χ3v) is 10.6. The first-order chi connectivity index (χ1) is 20.8. The molecule has 0 aliphatic carbocycles. The topological polar surface area (TPSA) is 0 Å². The van der Waals surface area contributed by atoms with E-state index in [1.165, 1.54) is 82.5 Å². The van der Waals surface area contributed by atoms with Crippen molar-refractivity contribution < 1.29 is 0 Å². The first-order valence-electron chi connectivity index (χ1n) is 15.7. The van der Waals surface area contributed by atoms with Crippen molar-refractivity contribution in [2.75, 3.05) is 12.3 Å². The highest BCUT2D eigenvalue weighted by molar-refractivity contribution is 7.37. The Kier molecular flexibility index (Phi) is 11.6. The molecule has 0 amide bonds. The van der Waals surface area contributed by atoms with Crippen LogP contribution in [0.1, 0.15) is 50.7 Å². The molecular weight excluding hydrogens is 542 g/mol. The van der Waals surface area contributed by atoms with Crippen LogP contribution in [0, 0.1) is 0 Å². The summed E-state index contributed by atoms with van der Waals surface area (Å²) < 4.78 is 0. The van der Waals surface area contributed by atoms with Gasteiger partial charge in [0, 0.05) is 0 Å². The molecule has 214 valence electrons. The summed E-state index contributed by atoms with van der Waals surface area (Å²) in [5.41, 5.74) is 14.1. The van der Waals surface area contributed by atoms with E-state index in [2.05, 4.69) is 135 Å². The maximum absolute atomic E-state index is 2.33. The molecule has 0 radical (unpaired) electrons. The molecule has 0 nitrogen and oxygen atoms in total. The number of benzene rings is 5. The molecular formula is C40H44P2. The molecule has 0 fully saturated rings. The van der Waals surface area contributed by atoms with E-state index in [1.54, 1.807) is 11.1 Å². The number of hydrogen-bond acceptors (Lipinski definition) is 0. The fourth-order valence-corrected chi connectivity index (χ4v) is 8.75. The fourth-order valence-electron chi connectivity index (χ4n) is 5.91.